The molecule has 2 aromatic carbocycles. The molecule has 1 amide bonds. The van der Waals surface area contributed by atoms with Gasteiger partial charge < -0.3 is 11.1 Å². The van der Waals surface area contributed by atoms with E-state index < -0.39 is 11.7 Å². The molecule has 0 aliphatic rings. The third-order valence-electron chi connectivity index (χ3n) is 3.41. The van der Waals surface area contributed by atoms with Gasteiger partial charge in [-0.1, -0.05) is 30.8 Å². The van der Waals surface area contributed by atoms with E-state index in [1.165, 1.54) is 0 Å². The van der Waals surface area contributed by atoms with Gasteiger partial charge in [0.1, 0.15) is 5.82 Å². The van der Waals surface area contributed by atoms with Crippen LogP contribution in [0.4, 0.5) is 15.9 Å². The van der Waals surface area contributed by atoms with Crippen LogP contribution >= 0.6 is 0 Å². The second kappa shape index (κ2) is 5.88. The highest BCUT2D eigenvalue weighted by Crippen LogP contribution is 2.26. The normalized spacial score (nSPS) is 10.5. The van der Waals surface area contributed by atoms with E-state index in [9.17, 15) is 9.18 Å². The van der Waals surface area contributed by atoms with E-state index in [1.807, 2.05) is 30.3 Å². The lowest BCUT2D eigenvalue weighted by molar-refractivity contribution is -0.114. The number of benzene rings is 2. The molecule has 3 aromatic rings. The van der Waals surface area contributed by atoms with Crippen LogP contribution in [-0.4, -0.2) is 10.9 Å². The van der Waals surface area contributed by atoms with Gasteiger partial charge in [-0.15, -0.1) is 0 Å². The number of hydrogen-bond acceptors (Lipinski definition) is 3. The summed E-state index contributed by atoms with van der Waals surface area (Å²) in [4.78, 5) is 15.7. The third-order valence-corrected chi connectivity index (χ3v) is 3.41. The summed E-state index contributed by atoms with van der Waals surface area (Å²) in [5.41, 5.74) is 8.79. The molecule has 23 heavy (non-hydrogen) atoms. The number of anilines is 2. The van der Waals surface area contributed by atoms with E-state index in [0.717, 1.165) is 22.0 Å². The molecule has 0 spiro atoms. The summed E-state index contributed by atoms with van der Waals surface area (Å²) < 4.78 is 12.8. The van der Waals surface area contributed by atoms with Crippen LogP contribution in [0.5, 0.6) is 0 Å². The molecule has 4 nitrogen and oxygen atoms in total. The van der Waals surface area contributed by atoms with Crippen LogP contribution in [0.1, 0.15) is 0 Å². The monoisotopic (exact) mass is 307 g/mol. The molecular weight excluding hydrogens is 293 g/mol. The number of fused-ring (bicyclic) bond motifs is 1. The minimum atomic E-state index is -1.03. The predicted octanol–water partition coefficient (Wildman–Crippen LogP) is 3.91. The lowest BCUT2D eigenvalue weighted by Gasteiger charge is -2.08. The van der Waals surface area contributed by atoms with Gasteiger partial charge in [0.05, 0.1) is 5.52 Å². The zero-order valence-electron chi connectivity index (χ0n) is 12.2. The largest absolute Gasteiger partial charge is 0.384 e. The minimum absolute atomic E-state index is 0.456. The molecule has 0 saturated carbocycles. The molecule has 0 fully saturated rings. The van der Waals surface area contributed by atoms with E-state index in [0.29, 0.717) is 11.5 Å². The first-order valence-electron chi connectivity index (χ1n) is 6.95. The fourth-order valence-corrected chi connectivity index (χ4v) is 2.29. The Morgan fingerprint density at radius 1 is 1.09 bits per heavy atom. The summed E-state index contributed by atoms with van der Waals surface area (Å²) in [6.07, 6.45) is 0. The zero-order valence-corrected chi connectivity index (χ0v) is 12.2. The summed E-state index contributed by atoms with van der Waals surface area (Å²) in [5.74, 6) is -1.42. The number of carbonyl (C=O) groups excluding carboxylic acids is 1. The Labute approximate surface area is 132 Å². The molecule has 3 rings (SSSR count). The van der Waals surface area contributed by atoms with Crippen LogP contribution in [0.2, 0.25) is 0 Å². The van der Waals surface area contributed by atoms with Crippen molar-refractivity contribution in [1.82, 2.24) is 4.98 Å². The van der Waals surface area contributed by atoms with Crippen LogP contribution in [-0.2, 0) is 4.79 Å². The van der Waals surface area contributed by atoms with Gasteiger partial charge >= 0.3 is 0 Å². The van der Waals surface area contributed by atoms with E-state index in [2.05, 4.69) is 16.9 Å². The summed E-state index contributed by atoms with van der Waals surface area (Å²) >= 11 is 0. The number of pyridine rings is 1. The summed E-state index contributed by atoms with van der Waals surface area (Å²) in [6, 6.07) is 16.6. The number of carbonyl (C=O) groups is 1. The fourth-order valence-electron chi connectivity index (χ4n) is 2.29. The number of nitrogens with zero attached hydrogens (tertiary/aromatic N) is 1. The van der Waals surface area contributed by atoms with Gasteiger partial charge in [0.25, 0.3) is 5.91 Å². The van der Waals surface area contributed by atoms with E-state index in [4.69, 9.17) is 5.73 Å². The maximum atomic E-state index is 12.8. The van der Waals surface area contributed by atoms with Gasteiger partial charge in [-0.3, -0.25) is 4.79 Å². The first kappa shape index (κ1) is 14.7. The number of hydrogen-bond donors (Lipinski definition) is 2. The maximum Gasteiger partial charge on any atom is 0.283 e. The van der Waals surface area contributed by atoms with Crippen molar-refractivity contribution in [2.24, 2.45) is 0 Å². The molecule has 0 bridgehead atoms. The molecule has 1 heterocycles. The van der Waals surface area contributed by atoms with Gasteiger partial charge in [-0.2, -0.15) is 0 Å². The van der Waals surface area contributed by atoms with Gasteiger partial charge in [-0.25, -0.2) is 9.37 Å². The Hall–Kier alpha value is -3.21. The molecule has 5 heteroatoms. The summed E-state index contributed by atoms with van der Waals surface area (Å²) in [5, 5.41) is 3.44. The smallest absolute Gasteiger partial charge is 0.283 e. The molecule has 0 aliphatic heterocycles. The van der Waals surface area contributed by atoms with Gasteiger partial charge in [0, 0.05) is 11.1 Å². The number of aromatic nitrogens is 1. The standard InChI is InChI=1S/C18H14FN3O/c1-11(19)18(23)21-15-4-2-3-13(9-15)14-6-5-12-7-8-17(20)22-16(12)10-14/h2-10H,1H2,(H2,20,22)(H,21,23). The topological polar surface area (TPSA) is 68.0 Å². The number of halogens is 1. The quantitative estimate of drug-likeness (QED) is 0.721. The molecule has 0 saturated heterocycles. The minimum Gasteiger partial charge on any atom is -0.384 e. The highest BCUT2D eigenvalue weighted by molar-refractivity contribution is 6.02. The van der Waals surface area contributed by atoms with Crippen molar-refractivity contribution in [2.75, 3.05) is 11.1 Å². The SMILES string of the molecule is C=C(F)C(=O)Nc1cccc(-c2ccc3ccc(N)nc3c2)c1. The number of nitrogens with two attached hydrogens (primary N) is 1. The van der Waals surface area contributed by atoms with Crippen molar-refractivity contribution in [3.63, 3.8) is 0 Å². The van der Waals surface area contributed by atoms with E-state index >= 15 is 0 Å². The molecule has 1 aromatic heterocycles. The van der Waals surface area contributed by atoms with Crippen molar-refractivity contribution in [3.05, 3.63) is 67.0 Å². The average Bonchev–Trinajstić information content (AvgIpc) is 2.54. The molecule has 0 atom stereocenters. The summed E-state index contributed by atoms with van der Waals surface area (Å²) in [6.45, 7) is 2.98. The Bertz CT molecular complexity index is 921. The molecular formula is C18H14FN3O. The molecule has 0 radical (unpaired) electrons. The maximum absolute atomic E-state index is 12.8. The van der Waals surface area contributed by atoms with Gasteiger partial charge in [0.15, 0.2) is 5.83 Å². The van der Waals surface area contributed by atoms with E-state index in [-0.39, 0.29) is 0 Å². The Morgan fingerprint density at radius 3 is 2.61 bits per heavy atom. The molecule has 0 unspecified atom stereocenters. The van der Waals surface area contributed by atoms with Crippen LogP contribution in [0.25, 0.3) is 22.0 Å². The molecule has 3 N–H and O–H groups in total. The van der Waals surface area contributed by atoms with Crippen LogP contribution in [0.3, 0.4) is 0 Å². The fraction of sp³-hybridized carbons (Fsp3) is 0. The summed E-state index contributed by atoms with van der Waals surface area (Å²) in [7, 11) is 0. The van der Waals surface area contributed by atoms with E-state index in [1.54, 1.807) is 24.3 Å². The van der Waals surface area contributed by atoms with Crippen LogP contribution in [0, 0.1) is 0 Å². The zero-order chi connectivity index (χ0) is 16.4. The second-order valence-corrected chi connectivity index (χ2v) is 5.08. The molecule has 114 valence electrons. The van der Waals surface area contributed by atoms with Crippen molar-refractivity contribution in [3.8, 4) is 11.1 Å². The third kappa shape index (κ3) is 3.18. The second-order valence-electron chi connectivity index (χ2n) is 5.08. The van der Waals surface area contributed by atoms with Crippen LogP contribution in [0.15, 0.2) is 67.0 Å². The van der Waals surface area contributed by atoms with Crippen LogP contribution < -0.4 is 11.1 Å². The molecule has 0 aliphatic carbocycles. The van der Waals surface area contributed by atoms with Crippen molar-refractivity contribution >= 4 is 28.3 Å². The first-order valence-corrected chi connectivity index (χ1v) is 6.95. The lowest BCUT2D eigenvalue weighted by atomic mass is 10.0. The average molecular weight is 307 g/mol. The number of rotatable bonds is 3. The van der Waals surface area contributed by atoms with Crippen molar-refractivity contribution in [2.45, 2.75) is 0 Å². The number of nitrogen functional groups attached to an aromatic ring is 1. The highest BCUT2D eigenvalue weighted by Gasteiger charge is 2.07. The first-order chi connectivity index (χ1) is 11.0. The Kier molecular flexibility index (Phi) is 3.76. The number of amides is 1. The van der Waals surface area contributed by atoms with Gasteiger partial charge in [-0.05, 0) is 41.5 Å². The van der Waals surface area contributed by atoms with Crippen molar-refractivity contribution < 1.29 is 9.18 Å². The number of nitrogens with one attached hydrogen (secondary N) is 1. The predicted molar refractivity (Wildman–Crippen MR) is 90.5 cm³/mol. The lowest BCUT2D eigenvalue weighted by Crippen LogP contribution is -2.10. The van der Waals surface area contributed by atoms with Gasteiger partial charge in [0.2, 0.25) is 0 Å². The Morgan fingerprint density at radius 2 is 1.83 bits per heavy atom. The van der Waals surface area contributed by atoms with Crippen molar-refractivity contribution in [1.29, 1.82) is 0 Å². The Balaban J connectivity index is 1.98. The highest BCUT2D eigenvalue weighted by atomic mass is 19.1.